The summed E-state index contributed by atoms with van der Waals surface area (Å²) in [7, 11) is 0. The van der Waals surface area contributed by atoms with Gasteiger partial charge in [-0.2, -0.15) is 13.2 Å². The van der Waals surface area contributed by atoms with Crippen molar-refractivity contribution in [2.24, 2.45) is 0 Å². The Morgan fingerprint density at radius 2 is 1.68 bits per heavy atom. The number of aromatic amines is 1. The van der Waals surface area contributed by atoms with Crippen LogP contribution in [0.15, 0.2) is 54.6 Å². The van der Waals surface area contributed by atoms with E-state index in [9.17, 15) is 22.8 Å². The lowest BCUT2D eigenvalue weighted by Gasteiger charge is -2.14. The zero-order valence-corrected chi connectivity index (χ0v) is 21.0. The summed E-state index contributed by atoms with van der Waals surface area (Å²) >= 11 is 6.20. The van der Waals surface area contributed by atoms with E-state index < -0.39 is 29.1 Å². The fraction of sp³-hybridized carbons (Fsp3) is 0.222. The van der Waals surface area contributed by atoms with Crippen LogP contribution < -0.4 is 15.5 Å². The molecular formula is C27H23ClF3N5O2. The maximum Gasteiger partial charge on any atom is 0.417 e. The highest BCUT2D eigenvalue weighted by Gasteiger charge is 2.35. The normalized spacial score (nSPS) is 13.7. The van der Waals surface area contributed by atoms with Gasteiger partial charge in [0.05, 0.1) is 22.2 Å². The second-order valence-corrected chi connectivity index (χ2v) is 9.45. The average Bonchev–Trinajstić information content (AvgIpc) is 3.56. The molecule has 0 radical (unpaired) electrons. The number of benzene rings is 3. The van der Waals surface area contributed by atoms with E-state index in [4.69, 9.17) is 11.6 Å². The van der Waals surface area contributed by atoms with Crippen molar-refractivity contribution in [2.45, 2.75) is 25.9 Å². The number of hydrogen-bond donors (Lipinski definition) is 3. The van der Waals surface area contributed by atoms with Crippen molar-refractivity contribution < 1.29 is 22.8 Å². The third kappa shape index (κ3) is 5.04. The minimum Gasteiger partial charge on any atom is -0.342 e. The standard InChI is InChI=1S/C27H23ClF3N5O2/c1-15-20(28)9-6-10-21(15)33-25(38)18-13-16(14-22-23(18)35-26(34-22)36-11-4-5-12-36)32-24(37)17-7-2-3-8-19(17)27(29,30)31/h2-3,6-10,13-14H,4-5,11-12H2,1H3,(H,32,37)(H,33,38)(H,34,35). The van der Waals surface area contributed by atoms with Crippen molar-refractivity contribution in [1.82, 2.24) is 9.97 Å². The molecule has 4 aromatic rings. The van der Waals surface area contributed by atoms with Crippen LogP contribution in [0, 0.1) is 6.92 Å². The van der Waals surface area contributed by atoms with Crippen LogP contribution in [0.25, 0.3) is 11.0 Å². The van der Waals surface area contributed by atoms with Gasteiger partial charge in [0, 0.05) is 29.5 Å². The van der Waals surface area contributed by atoms with Gasteiger partial charge in [0.25, 0.3) is 11.8 Å². The Morgan fingerprint density at radius 1 is 0.974 bits per heavy atom. The van der Waals surface area contributed by atoms with Crippen LogP contribution in [0.2, 0.25) is 5.02 Å². The number of fused-ring (bicyclic) bond motifs is 1. The van der Waals surface area contributed by atoms with E-state index in [2.05, 4.69) is 25.5 Å². The number of rotatable bonds is 5. The van der Waals surface area contributed by atoms with Crippen molar-refractivity contribution >= 4 is 51.8 Å². The second kappa shape index (κ2) is 10.0. The minimum absolute atomic E-state index is 0.142. The molecule has 2 heterocycles. The summed E-state index contributed by atoms with van der Waals surface area (Å²) in [6.07, 6.45) is -2.68. The molecular weight excluding hydrogens is 519 g/mol. The number of halogens is 4. The number of amides is 2. The van der Waals surface area contributed by atoms with E-state index in [-0.39, 0.29) is 11.3 Å². The topological polar surface area (TPSA) is 90.1 Å². The summed E-state index contributed by atoms with van der Waals surface area (Å²) in [6, 6.07) is 12.6. The maximum absolute atomic E-state index is 13.5. The number of H-pyrrole nitrogens is 1. The van der Waals surface area contributed by atoms with E-state index in [0.29, 0.717) is 33.3 Å². The zero-order valence-electron chi connectivity index (χ0n) is 20.2. The van der Waals surface area contributed by atoms with Crippen LogP contribution in [0.1, 0.15) is 44.7 Å². The SMILES string of the molecule is Cc1c(Cl)cccc1NC(=O)c1cc(NC(=O)c2ccccc2C(F)(F)F)cc2[nH]c(N3CCCC3)nc12. The molecule has 0 aliphatic carbocycles. The van der Waals surface area contributed by atoms with Gasteiger partial charge in [-0.25, -0.2) is 4.98 Å². The molecule has 2 amide bonds. The third-order valence-electron chi connectivity index (χ3n) is 6.48. The van der Waals surface area contributed by atoms with Crippen molar-refractivity contribution in [3.63, 3.8) is 0 Å². The first-order valence-corrected chi connectivity index (χ1v) is 12.3. The van der Waals surface area contributed by atoms with Crippen LogP contribution in [-0.2, 0) is 6.18 Å². The Labute approximate surface area is 221 Å². The number of hydrogen-bond acceptors (Lipinski definition) is 4. The molecule has 0 saturated carbocycles. The van der Waals surface area contributed by atoms with Gasteiger partial charge in [0.15, 0.2) is 0 Å². The van der Waals surface area contributed by atoms with Crippen LogP contribution in [0.4, 0.5) is 30.5 Å². The Balaban J connectivity index is 1.54. The largest absolute Gasteiger partial charge is 0.417 e. The summed E-state index contributed by atoms with van der Waals surface area (Å²) in [5.41, 5.74) is 0.715. The van der Waals surface area contributed by atoms with Crippen LogP contribution >= 0.6 is 11.6 Å². The lowest BCUT2D eigenvalue weighted by Crippen LogP contribution is -2.19. The minimum atomic E-state index is -4.70. The highest BCUT2D eigenvalue weighted by molar-refractivity contribution is 6.31. The van der Waals surface area contributed by atoms with Crippen molar-refractivity contribution in [3.05, 3.63) is 81.9 Å². The van der Waals surface area contributed by atoms with E-state index in [0.717, 1.165) is 38.1 Å². The number of nitrogens with zero attached hydrogens (tertiary/aromatic N) is 2. The number of alkyl halides is 3. The first-order valence-electron chi connectivity index (χ1n) is 11.9. The van der Waals surface area contributed by atoms with Gasteiger partial charge in [-0.15, -0.1) is 0 Å². The summed E-state index contributed by atoms with van der Waals surface area (Å²) in [6.45, 7) is 3.38. The molecule has 1 fully saturated rings. The maximum atomic E-state index is 13.5. The molecule has 7 nitrogen and oxygen atoms in total. The summed E-state index contributed by atoms with van der Waals surface area (Å²) in [5.74, 6) is -0.878. The number of carbonyl (C=O) groups excluding carboxylic acids is 2. The van der Waals surface area contributed by atoms with Crippen LogP contribution in [-0.4, -0.2) is 34.9 Å². The van der Waals surface area contributed by atoms with Gasteiger partial charge < -0.3 is 20.5 Å². The molecule has 1 aliphatic rings. The number of anilines is 3. The van der Waals surface area contributed by atoms with E-state index in [1.807, 2.05) is 0 Å². The number of imidazole rings is 1. The fourth-order valence-electron chi connectivity index (χ4n) is 4.49. The summed E-state index contributed by atoms with van der Waals surface area (Å²) < 4.78 is 40.5. The monoisotopic (exact) mass is 541 g/mol. The molecule has 0 spiro atoms. The van der Waals surface area contributed by atoms with Crippen molar-refractivity contribution in [1.29, 1.82) is 0 Å². The number of carbonyl (C=O) groups is 2. The summed E-state index contributed by atoms with van der Waals surface area (Å²) in [4.78, 5) is 36.2. The first kappa shape index (κ1) is 25.6. The Hall–Kier alpha value is -4.05. The van der Waals surface area contributed by atoms with E-state index >= 15 is 0 Å². The second-order valence-electron chi connectivity index (χ2n) is 9.04. The number of aromatic nitrogens is 2. The molecule has 38 heavy (non-hydrogen) atoms. The predicted molar refractivity (Wildman–Crippen MR) is 141 cm³/mol. The molecule has 1 aliphatic heterocycles. The molecule has 0 atom stereocenters. The van der Waals surface area contributed by atoms with Crippen molar-refractivity contribution in [3.8, 4) is 0 Å². The predicted octanol–water partition coefficient (Wildman–Crippen LogP) is 6.65. The molecule has 0 unspecified atom stereocenters. The Morgan fingerprint density at radius 3 is 2.42 bits per heavy atom. The highest BCUT2D eigenvalue weighted by atomic mass is 35.5. The van der Waals surface area contributed by atoms with E-state index in [1.165, 1.54) is 18.2 Å². The quantitative estimate of drug-likeness (QED) is 0.264. The van der Waals surface area contributed by atoms with Gasteiger partial charge in [-0.1, -0.05) is 29.8 Å². The third-order valence-corrected chi connectivity index (χ3v) is 6.88. The van der Waals surface area contributed by atoms with Gasteiger partial charge in [-0.3, -0.25) is 9.59 Å². The molecule has 1 saturated heterocycles. The zero-order chi connectivity index (χ0) is 27.0. The smallest absolute Gasteiger partial charge is 0.342 e. The van der Waals surface area contributed by atoms with Crippen molar-refractivity contribution in [2.75, 3.05) is 28.6 Å². The van der Waals surface area contributed by atoms with Gasteiger partial charge >= 0.3 is 6.18 Å². The van der Waals surface area contributed by atoms with Gasteiger partial charge in [0.2, 0.25) is 5.95 Å². The molecule has 11 heteroatoms. The van der Waals surface area contributed by atoms with E-state index in [1.54, 1.807) is 31.2 Å². The molecule has 196 valence electrons. The van der Waals surface area contributed by atoms with Crippen LogP contribution in [0.5, 0.6) is 0 Å². The molecule has 1 aromatic heterocycles. The Kier molecular flexibility index (Phi) is 6.75. The molecule has 0 bridgehead atoms. The van der Waals surface area contributed by atoms with Gasteiger partial charge in [-0.05, 0) is 61.7 Å². The molecule has 5 rings (SSSR count). The highest BCUT2D eigenvalue weighted by Crippen LogP contribution is 2.33. The first-order chi connectivity index (χ1) is 18.1. The summed E-state index contributed by atoms with van der Waals surface area (Å²) in [5, 5.41) is 5.83. The van der Waals surface area contributed by atoms with Gasteiger partial charge in [0.1, 0.15) is 5.52 Å². The molecule has 3 N–H and O–H groups in total. The number of nitrogens with one attached hydrogen (secondary N) is 3. The lowest BCUT2D eigenvalue weighted by atomic mass is 10.1. The average molecular weight is 542 g/mol. The fourth-order valence-corrected chi connectivity index (χ4v) is 4.66. The molecule has 3 aromatic carbocycles. The lowest BCUT2D eigenvalue weighted by molar-refractivity contribution is -0.137. The van der Waals surface area contributed by atoms with Crippen LogP contribution in [0.3, 0.4) is 0 Å². The Bertz CT molecular complexity index is 1540.